The second-order valence-corrected chi connectivity index (χ2v) is 3.93. The van der Waals surface area contributed by atoms with Crippen LogP contribution >= 0.6 is 11.6 Å². The van der Waals surface area contributed by atoms with Crippen LogP contribution < -0.4 is 5.73 Å². The highest BCUT2D eigenvalue weighted by Gasteiger charge is 2.31. The fraction of sp³-hybridized carbons (Fsp3) is 0.200. The van der Waals surface area contributed by atoms with Gasteiger partial charge in [0.15, 0.2) is 5.82 Å². The maximum atomic E-state index is 12.4. The Morgan fingerprint density at radius 3 is 2.56 bits per heavy atom. The highest BCUT2D eigenvalue weighted by atomic mass is 35.5. The summed E-state index contributed by atoms with van der Waals surface area (Å²) in [6, 6.07) is 0.813. The average molecular weight is 277 g/mol. The third-order valence-corrected chi connectivity index (χ3v) is 2.52. The summed E-state index contributed by atoms with van der Waals surface area (Å²) in [5, 5.41) is 3.79. The van der Waals surface area contributed by atoms with E-state index < -0.39 is 11.7 Å². The van der Waals surface area contributed by atoms with Crippen LogP contribution in [0.15, 0.2) is 24.7 Å². The van der Waals surface area contributed by atoms with Crippen molar-refractivity contribution in [3.8, 4) is 5.82 Å². The van der Waals surface area contributed by atoms with E-state index in [4.69, 9.17) is 17.3 Å². The van der Waals surface area contributed by atoms with E-state index in [1.54, 1.807) is 6.20 Å². The van der Waals surface area contributed by atoms with Gasteiger partial charge in [-0.2, -0.15) is 18.3 Å². The van der Waals surface area contributed by atoms with E-state index in [9.17, 15) is 13.2 Å². The van der Waals surface area contributed by atoms with Crippen LogP contribution in [-0.2, 0) is 12.7 Å². The summed E-state index contributed by atoms with van der Waals surface area (Å²) >= 11 is 5.77. The van der Waals surface area contributed by atoms with E-state index in [2.05, 4.69) is 10.1 Å². The number of pyridine rings is 1. The third-order valence-electron chi connectivity index (χ3n) is 2.24. The van der Waals surface area contributed by atoms with Crippen molar-refractivity contribution in [1.82, 2.24) is 14.8 Å². The molecule has 4 nitrogen and oxygen atoms in total. The zero-order chi connectivity index (χ0) is 13.3. The van der Waals surface area contributed by atoms with Gasteiger partial charge in [0.2, 0.25) is 0 Å². The molecule has 0 aromatic carbocycles. The SMILES string of the molecule is NCc1cnn(-c2ncc(C(F)(F)F)cc2Cl)c1. The Morgan fingerprint density at radius 2 is 2.06 bits per heavy atom. The van der Waals surface area contributed by atoms with E-state index in [1.165, 1.54) is 10.9 Å². The summed E-state index contributed by atoms with van der Waals surface area (Å²) in [4.78, 5) is 3.67. The van der Waals surface area contributed by atoms with Crippen molar-refractivity contribution in [2.75, 3.05) is 0 Å². The van der Waals surface area contributed by atoms with Gasteiger partial charge < -0.3 is 5.73 Å². The molecule has 8 heteroatoms. The van der Waals surface area contributed by atoms with Gasteiger partial charge in [0, 0.05) is 24.5 Å². The highest BCUT2D eigenvalue weighted by molar-refractivity contribution is 6.32. The first-order valence-corrected chi connectivity index (χ1v) is 5.26. The highest BCUT2D eigenvalue weighted by Crippen LogP contribution is 2.31. The van der Waals surface area contributed by atoms with Crippen LogP contribution in [0.4, 0.5) is 13.2 Å². The lowest BCUT2D eigenvalue weighted by Gasteiger charge is -2.08. The first kappa shape index (κ1) is 12.8. The van der Waals surface area contributed by atoms with Crippen LogP contribution in [-0.4, -0.2) is 14.8 Å². The lowest BCUT2D eigenvalue weighted by Crippen LogP contribution is -2.08. The van der Waals surface area contributed by atoms with E-state index in [1.807, 2.05) is 0 Å². The molecule has 0 aliphatic carbocycles. The van der Waals surface area contributed by atoms with Gasteiger partial charge in [-0.05, 0) is 6.07 Å². The lowest BCUT2D eigenvalue weighted by atomic mass is 10.3. The second kappa shape index (κ2) is 4.58. The Bertz CT molecular complexity index is 564. The quantitative estimate of drug-likeness (QED) is 0.916. The molecular formula is C10H8ClF3N4. The number of alkyl halides is 3. The molecule has 0 unspecified atom stereocenters. The molecular weight excluding hydrogens is 269 g/mol. The topological polar surface area (TPSA) is 56.7 Å². The summed E-state index contributed by atoms with van der Waals surface area (Å²) in [6.07, 6.45) is -0.704. The van der Waals surface area contributed by atoms with Crippen LogP contribution in [0, 0.1) is 0 Å². The molecule has 0 aliphatic rings. The lowest BCUT2D eigenvalue weighted by molar-refractivity contribution is -0.137. The van der Waals surface area contributed by atoms with Crippen LogP contribution in [0.3, 0.4) is 0 Å². The fourth-order valence-electron chi connectivity index (χ4n) is 1.34. The Kier molecular flexibility index (Phi) is 3.27. The minimum atomic E-state index is -4.47. The Hall–Kier alpha value is -1.60. The van der Waals surface area contributed by atoms with Crippen LogP contribution in [0.1, 0.15) is 11.1 Å². The molecule has 2 aromatic rings. The van der Waals surface area contributed by atoms with Crippen molar-refractivity contribution in [3.63, 3.8) is 0 Å². The van der Waals surface area contributed by atoms with E-state index in [-0.39, 0.29) is 17.4 Å². The van der Waals surface area contributed by atoms with Gasteiger partial charge in [0.05, 0.1) is 16.8 Å². The Balaban J connectivity index is 2.41. The molecule has 0 saturated carbocycles. The molecule has 2 heterocycles. The summed E-state index contributed by atoms with van der Waals surface area (Å²) in [5.74, 6) is 0.129. The minimum absolute atomic E-state index is 0.128. The van der Waals surface area contributed by atoms with Crippen LogP contribution in [0.2, 0.25) is 5.02 Å². The van der Waals surface area contributed by atoms with Crippen molar-refractivity contribution in [1.29, 1.82) is 0 Å². The van der Waals surface area contributed by atoms with E-state index in [0.717, 1.165) is 11.6 Å². The number of nitrogens with zero attached hydrogens (tertiary/aromatic N) is 3. The predicted octanol–water partition coefficient (Wildman–Crippen LogP) is 2.40. The van der Waals surface area contributed by atoms with Gasteiger partial charge in [0.25, 0.3) is 0 Å². The summed E-state index contributed by atoms with van der Waals surface area (Å²) in [5.41, 5.74) is 5.23. The van der Waals surface area contributed by atoms with Gasteiger partial charge in [-0.25, -0.2) is 9.67 Å². The van der Waals surface area contributed by atoms with Crippen molar-refractivity contribution < 1.29 is 13.2 Å². The molecule has 0 bridgehead atoms. The molecule has 0 aliphatic heterocycles. The zero-order valence-corrected chi connectivity index (χ0v) is 9.70. The molecule has 0 radical (unpaired) electrons. The maximum Gasteiger partial charge on any atom is 0.417 e. The van der Waals surface area contributed by atoms with Gasteiger partial charge in [0.1, 0.15) is 0 Å². The van der Waals surface area contributed by atoms with E-state index in [0.29, 0.717) is 6.20 Å². The largest absolute Gasteiger partial charge is 0.417 e. The standard InChI is InChI=1S/C10H8ClF3N4/c11-8-1-7(10(12,13)14)4-16-9(8)18-5-6(2-15)3-17-18/h1,3-5H,2,15H2. The molecule has 2 N–H and O–H groups in total. The first-order chi connectivity index (χ1) is 8.41. The van der Waals surface area contributed by atoms with Gasteiger partial charge in [-0.3, -0.25) is 0 Å². The molecule has 0 spiro atoms. The molecule has 18 heavy (non-hydrogen) atoms. The average Bonchev–Trinajstić information content (AvgIpc) is 2.76. The normalized spacial score (nSPS) is 11.8. The summed E-state index contributed by atoms with van der Waals surface area (Å²) in [6.45, 7) is 0.276. The number of hydrogen-bond acceptors (Lipinski definition) is 3. The molecule has 0 amide bonds. The Morgan fingerprint density at radius 1 is 1.33 bits per heavy atom. The van der Waals surface area contributed by atoms with Gasteiger partial charge >= 0.3 is 6.18 Å². The molecule has 2 rings (SSSR count). The number of rotatable bonds is 2. The maximum absolute atomic E-state index is 12.4. The van der Waals surface area contributed by atoms with Gasteiger partial charge in [-0.1, -0.05) is 11.6 Å². The molecule has 0 saturated heterocycles. The van der Waals surface area contributed by atoms with Crippen LogP contribution in [0.25, 0.3) is 5.82 Å². The first-order valence-electron chi connectivity index (χ1n) is 4.88. The Labute approximate surface area is 105 Å². The number of aromatic nitrogens is 3. The second-order valence-electron chi connectivity index (χ2n) is 3.52. The predicted molar refractivity (Wildman–Crippen MR) is 59.3 cm³/mol. The monoisotopic (exact) mass is 276 g/mol. The minimum Gasteiger partial charge on any atom is -0.326 e. The summed E-state index contributed by atoms with van der Waals surface area (Å²) in [7, 11) is 0. The molecule has 0 atom stereocenters. The number of halogens is 4. The van der Waals surface area contributed by atoms with E-state index >= 15 is 0 Å². The zero-order valence-electron chi connectivity index (χ0n) is 8.95. The molecule has 2 aromatic heterocycles. The van der Waals surface area contributed by atoms with Crippen molar-refractivity contribution >= 4 is 11.6 Å². The van der Waals surface area contributed by atoms with Gasteiger partial charge in [-0.15, -0.1) is 0 Å². The third kappa shape index (κ3) is 2.46. The van der Waals surface area contributed by atoms with Crippen molar-refractivity contribution in [3.05, 3.63) is 40.8 Å². The fourth-order valence-corrected chi connectivity index (χ4v) is 1.59. The molecule has 96 valence electrons. The summed E-state index contributed by atoms with van der Waals surface area (Å²) < 4.78 is 38.6. The van der Waals surface area contributed by atoms with Crippen molar-refractivity contribution in [2.45, 2.75) is 12.7 Å². The van der Waals surface area contributed by atoms with Crippen molar-refractivity contribution in [2.24, 2.45) is 5.73 Å². The van der Waals surface area contributed by atoms with Crippen LogP contribution in [0.5, 0.6) is 0 Å². The smallest absolute Gasteiger partial charge is 0.326 e. The number of nitrogens with two attached hydrogens (primary N) is 1. The molecule has 0 fully saturated rings. The number of hydrogen-bond donors (Lipinski definition) is 1.